The van der Waals surface area contributed by atoms with E-state index < -0.39 is 0 Å². The summed E-state index contributed by atoms with van der Waals surface area (Å²) >= 11 is 0. The Kier molecular flexibility index (Phi) is 2.68. The van der Waals surface area contributed by atoms with Crippen molar-refractivity contribution < 1.29 is 0 Å². The van der Waals surface area contributed by atoms with E-state index in [2.05, 4.69) is 16.4 Å². The van der Waals surface area contributed by atoms with E-state index in [1.165, 1.54) is 12.8 Å². The van der Waals surface area contributed by atoms with E-state index >= 15 is 0 Å². The average molecular weight is 191 g/mol. The smallest absolute Gasteiger partial charge is 0.0411 e. The maximum absolute atomic E-state index is 5.72. The van der Waals surface area contributed by atoms with Crippen molar-refractivity contribution in [2.45, 2.75) is 25.8 Å². The number of nitrogens with one attached hydrogen (secondary N) is 1. The Morgan fingerprint density at radius 2 is 2.43 bits per heavy atom. The van der Waals surface area contributed by atoms with E-state index in [1.807, 2.05) is 19.2 Å². The second kappa shape index (κ2) is 3.96. The molecule has 1 unspecified atom stereocenters. The van der Waals surface area contributed by atoms with Crippen molar-refractivity contribution in [1.82, 2.24) is 4.98 Å². The first kappa shape index (κ1) is 9.46. The van der Waals surface area contributed by atoms with E-state index in [4.69, 9.17) is 5.73 Å². The highest BCUT2D eigenvalue weighted by Crippen LogP contribution is 2.33. The molecule has 3 nitrogen and oxygen atoms in total. The molecule has 0 aliphatic heterocycles. The number of aryl methyl sites for hydroxylation is 1. The van der Waals surface area contributed by atoms with E-state index in [0.717, 1.165) is 17.3 Å². The molecule has 0 spiro atoms. The number of nitrogens with two attached hydrogens (primary N) is 1. The first-order valence-electron chi connectivity index (χ1n) is 5.19. The maximum atomic E-state index is 5.72. The van der Waals surface area contributed by atoms with Gasteiger partial charge in [-0.15, -0.1) is 0 Å². The van der Waals surface area contributed by atoms with Crippen molar-refractivity contribution in [1.29, 1.82) is 0 Å². The van der Waals surface area contributed by atoms with Crippen LogP contribution >= 0.6 is 0 Å². The number of pyridine rings is 1. The van der Waals surface area contributed by atoms with Crippen LogP contribution in [0.15, 0.2) is 18.3 Å². The van der Waals surface area contributed by atoms with Crippen molar-refractivity contribution in [3.63, 3.8) is 0 Å². The molecule has 3 N–H and O–H groups in total. The van der Waals surface area contributed by atoms with Crippen LogP contribution in [0.25, 0.3) is 0 Å². The van der Waals surface area contributed by atoms with E-state index in [0.29, 0.717) is 12.6 Å². The molecule has 14 heavy (non-hydrogen) atoms. The van der Waals surface area contributed by atoms with Crippen molar-refractivity contribution in [2.24, 2.45) is 11.7 Å². The highest BCUT2D eigenvalue weighted by molar-refractivity contribution is 5.44. The topological polar surface area (TPSA) is 50.9 Å². The van der Waals surface area contributed by atoms with Gasteiger partial charge in [0.1, 0.15) is 0 Å². The fourth-order valence-corrected chi connectivity index (χ4v) is 1.72. The number of aromatic nitrogens is 1. The van der Waals surface area contributed by atoms with Gasteiger partial charge in [0.25, 0.3) is 0 Å². The Morgan fingerprint density at radius 3 is 3.00 bits per heavy atom. The minimum atomic E-state index is 0.441. The fraction of sp³-hybridized carbons (Fsp3) is 0.545. The first-order valence-corrected chi connectivity index (χ1v) is 5.19. The molecule has 3 heteroatoms. The van der Waals surface area contributed by atoms with Gasteiger partial charge >= 0.3 is 0 Å². The molecule has 1 aliphatic rings. The third-order valence-electron chi connectivity index (χ3n) is 2.69. The van der Waals surface area contributed by atoms with Gasteiger partial charge in [0.2, 0.25) is 0 Å². The van der Waals surface area contributed by atoms with Gasteiger partial charge in [-0.3, -0.25) is 4.98 Å². The zero-order valence-electron chi connectivity index (χ0n) is 8.53. The number of hydrogen-bond acceptors (Lipinski definition) is 3. The first-order chi connectivity index (χ1) is 6.79. The zero-order valence-corrected chi connectivity index (χ0v) is 8.53. The Labute approximate surface area is 84.7 Å². The molecule has 1 fully saturated rings. The van der Waals surface area contributed by atoms with Crippen LogP contribution in [0.1, 0.15) is 18.5 Å². The van der Waals surface area contributed by atoms with Gasteiger partial charge in [-0.05, 0) is 37.8 Å². The van der Waals surface area contributed by atoms with Gasteiger partial charge < -0.3 is 11.1 Å². The van der Waals surface area contributed by atoms with Crippen LogP contribution in [-0.2, 0) is 0 Å². The van der Waals surface area contributed by atoms with Crippen molar-refractivity contribution in [3.8, 4) is 0 Å². The van der Waals surface area contributed by atoms with Gasteiger partial charge in [-0.25, -0.2) is 0 Å². The molecule has 0 aromatic carbocycles. The predicted molar refractivity (Wildman–Crippen MR) is 58.2 cm³/mol. The highest BCUT2D eigenvalue weighted by Gasteiger charge is 2.29. The van der Waals surface area contributed by atoms with E-state index in [-0.39, 0.29) is 0 Å². The van der Waals surface area contributed by atoms with Crippen molar-refractivity contribution in [3.05, 3.63) is 24.0 Å². The van der Waals surface area contributed by atoms with Crippen LogP contribution in [0, 0.1) is 12.8 Å². The van der Waals surface area contributed by atoms with Crippen LogP contribution in [0.2, 0.25) is 0 Å². The third kappa shape index (κ3) is 2.23. The SMILES string of the molecule is Cc1cc(NC(CN)C2CC2)ccn1. The van der Waals surface area contributed by atoms with Gasteiger partial charge in [-0.1, -0.05) is 0 Å². The highest BCUT2D eigenvalue weighted by atomic mass is 15.0. The third-order valence-corrected chi connectivity index (χ3v) is 2.69. The van der Waals surface area contributed by atoms with Crippen LogP contribution in [-0.4, -0.2) is 17.6 Å². The molecule has 1 aliphatic carbocycles. The summed E-state index contributed by atoms with van der Waals surface area (Å²) in [5, 5.41) is 3.47. The molecule has 0 amide bonds. The molecule has 2 rings (SSSR count). The number of hydrogen-bond donors (Lipinski definition) is 2. The number of nitrogens with zero attached hydrogens (tertiary/aromatic N) is 1. The molecular formula is C11H17N3. The number of rotatable bonds is 4. The summed E-state index contributed by atoms with van der Waals surface area (Å²) in [6.45, 7) is 2.71. The van der Waals surface area contributed by atoms with Crippen molar-refractivity contribution >= 4 is 5.69 Å². The van der Waals surface area contributed by atoms with Crippen LogP contribution in [0.5, 0.6) is 0 Å². The molecule has 0 radical (unpaired) electrons. The maximum Gasteiger partial charge on any atom is 0.0411 e. The molecular weight excluding hydrogens is 174 g/mol. The Balaban J connectivity index is 2.01. The van der Waals surface area contributed by atoms with E-state index in [1.54, 1.807) is 0 Å². The van der Waals surface area contributed by atoms with Crippen LogP contribution in [0.3, 0.4) is 0 Å². The molecule has 0 bridgehead atoms. The summed E-state index contributed by atoms with van der Waals surface area (Å²) in [4.78, 5) is 4.16. The molecule has 1 heterocycles. The Bertz CT molecular complexity index is 307. The van der Waals surface area contributed by atoms with Crippen molar-refractivity contribution in [2.75, 3.05) is 11.9 Å². The molecule has 1 saturated carbocycles. The van der Waals surface area contributed by atoms with Crippen LogP contribution in [0.4, 0.5) is 5.69 Å². The van der Waals surface area contributed by atoms with Gasteiger partial charge in [0.15, 0.2) is 0 Å². The number of anilines is 1. The lowest BCUT2D eigenvalue weighted by Crippen LogP contribution is -2.30. The molecule has 76 valence electrons. The lowest BCUT2D eigenvalue weighted by atomic mass is 10.2. The lowest BCUT2D eigenvalue weighted by Gasteiger charge is -2.17. The standard InChI is InChI=1S/C11H17N3/c1-8-6-10(4-5-13-8)14-11(7-12)9-2-3-9/h4-6,9,11H,2-3,7,12H2,1H3,(H,13,14). The normalized spacial score (nSPS) is 17.9. The predicted octanol–water partition coefficient (Wildman–Crippen LogP) is 1.54. The van der Waals surface area contributed by atoms with E-state index in [9.17, 15) is 0 Å². The summed E-state index contributed by atoms with van der Waals surface area (Å²) in [5.41, 5.74) is 7.90. The zero-order chi connectivity index (χ0) is 9.97. The minimum Gasteiger partial charge on any atom is -0.381 e. The second-order valence-corrected chi connectivity index (χ2v) is 4.01. The minimum absolute atomic E-state index is 0.441. The molecule has 1 aromatic heterocycles. The Morgan fingerprint density at radius 1 is 1.64 bits per heavy atom. The largest absolute Gasteiger partial charge is 0.381 e. The summed E-state index contributed by atoms with van der Waals surface area (Å²) in [6, 6.07) is 4.50. The molecule has 1 atom stereocenters. The van der Waals surface area contributed by atoms with Gasteiger partial charge in [0.05, 0.1) is 0 Å². The Hall–Kier alpha value is -1.09. The summed E-state index contributed by atoms with van der Waals surface area (Å²) in [6.07, 6.45) is 4.47. The fourth-order valence-electron chi connectivity index (χ4n) is 1.72. The summed E-state index contributed by atoms with van der Waals surface area (Å²) in [5.74, 6) is 0.786. The summed E-state index contributed by atoms with van der Waals surface area (Å²) < 4.78 is 0. The second-order valence-electron chi connectivity index (χ2n) is 4.01. The van der Waals surface area contributed by atoms with Crippen LogP contribution < -0.4 is 11.1 Å². The monoisotopic (exact) mass is 191 g/mol. The quantitative estimate of drug-likeness (QED) is 0.759. The lowest BCUT2D eigenvalue weighted by molar-refractivity contribution is 0.645. The summed E-state index contributed by atoms with van der Waals surface area (Å²) in [7, 11) is 0. The molecule has 0 saturated heterocycles. The van der Waals surface area contributed by atoms with Gasteiger partial charge in [-0.2, -0.15) is 0 Å². The molecule has 1 aromatic rings. The average Bonchev–Trinajstić information content (AvgIpc) is 2.97. The van der Waals surface area contributed by atoms with Gasteiger partial charge in [0, 0.05) is 30.2 Å².